The van der Waals surface area contributed by atoms with Crippen molar-refractivity contribution in [2.75, 3.05) is 0 Å². The van der Waals surface area contributed by atoms with Crippen LogP contribution in [0.25, 0.3) is 0 Å². The van der Waals surface area contributed by atoms with Gasteiger partial charge in [-0.2, -0.15) is 0 Å². The van der Waals surface area contributed by atoms with Crippen LogP contribution in [0.2, 0.25) is 5.28 Å². The molecule has 0 atom stereocenters. The first-order chi connectivity index (χ1) is 6.41. The Balaban J connectivity index is 2.76. The van der Waals surface area contributed by atoms with E-state index in [1.807, 2.05) is 0 Å². The van der Waals surface area contributed by atoms with Crippen LogP contribution in [0.4, 0.5) is 0 Å². The van der Waals surface area contributed by atoms with Crippen LogP contribution >= 0.6 is 0 Å². The van der Waals surface area contributed by atoms with E-state index in [2.05, 4.69) is 6.92 Å². The fraction of sp³-hybridized carbons (Fsp3) is 1.00. The molecule has 0 aliphatic heterocycles. The molecule has 0 aromatic rings. The van der Waals surface area contributed by atoms with Gasteiger partial charge < -0.3 is 2.84 Å². The molecule has 1 nitrogen and oxygen atoms in total. The van der Waals surface area contributed by atoms with Crippen molar-refractivity contribution in [3.63, 3.8) is 0 Å². The summed E-state index contributed by atoms with van der Waals surface area (Å²) in [5.41, 5.74) is 0. The summed E-state index contributed by atoms with van der Waals surface area (Å²) >= 11 is 0.907. The van der Waals surface area contributed by atoms with Crippen molar-refractivity contribution in [3.05, 3.63) is 0 Å². The van der Waals surface area contributed by atoms with Gasteiger partial charge in [0.1, 0.15) is 0 Å². The molecule has 0 amide bonds. The summed E-state index contributed by atoms with van der Waals surface area (Å²) in [6.07, 6.45) is 11.5. The summed E-state index contributed by atoms with van der Waals surface area (Å²) in [5, 5.41) is 1.42. The second-order valence-corrected chi connectivity index (χ2v) is 7.25. The minimum atomic E-state index is -0.0642. The molecule has 76 valence electrons. The highest BCUT2D eigenvalue weighted by Crippen LogP contribution is 2.09. The number of rotatable bonds is 10. The summed E-state index contributed by atoms with van der Waals surface area (Å²) in [6, 6.07) is 0. The van der Waals surface area contributed by atoms with E-state index in [0.29, 0.717) is 0 Å². The van der Waals surface area contributed by atoms with E-state index in [0.717, 1.165) is 16.6 Å². The second-order valence-electron chi connectivity index (χ2n) is 3.82. The molecular weight excluding hydrogens is 190 g/mol. The van der Waals surface area contributed by atoms with Crippen molar-refractivity contribution in [1.82, 2.24) is 0 Å². The van der Waals surface area contributed by atoms with Gasteiger partial charge in [-0.1, -0.05) is 63.6 Å². The van der Waals surface area contributed by atoms with Crippen LogP contribution < -0.4 is 0 Å². The normalized spacial score (nSPS) is 10.2. The molecule has 0 rings (SSSR count). The zero-order valence-electron chi connectivity index (χ0n) is 9.48. The largest absolute Gasteiger partial charge is 0.644 e. The molecule has 0 aliphatic carbocycles. The summed E-state index contributed by atoms with van der Waals surface area (Å²) in [7, 11) is 0. The van der Waals surface area contributed by atoms with Gasteiger partial charge in [-0.25, -0.2) is 0 Å². The summed E-state index contributed by atoms with van der Waals surface area (Å²) in [4.78, 5) is 0. The molecule has 0 aromatic carbocycles. The third-order valence-electron chi connectivity index (χ3n) is 2.45. The van der Waals surface area contributed by atoms with Gasteiger partial charge in [0, 0.05) is 0 Å². The predicted molar refractivity (Wildman–Crippen MR) is 64.2 cm³/mol. The van der Waals surface area contributed by atoms with E-state index in [-0.39, 0.29) is 15.6 Å². The lowest BCUT2D eigenvalue weighted by Gasteiger charge is -2.00. The smallest absolute Gasteiger partial charge is 0.404 e. The average molecular weight is 214 g/mol. The molecule has 0 fully saturated rings. The van der Waals surface area contributed by atoms with Crippen LogP contribution in [0.5, 0.6) is 0 Å². The molecule has 0 unspecified atom stereocenters. The lowest BCUT2D eigenvalue weighted by atomic mass is 10.1. The van der Waals surface area contributed by atoms with Crippen LogP contribution in [-0.2, 0) is 2.84 Å². The van der Waals surface area contributed by atoms with Gasteiger partial charge in [-0.05, 0) is 0 Å². The Labute approximate surface area is 98.4 Å². The molecule has 0 saturated carbocycles. The number of hydrogen-bond donors (Lipinski definition) is 0. The zero-order valence-corrected chi connectivity index (χ0v) is 12.9. The van der Waals surface area contributed by atoms with Crippen LogP contribution in [-0.4, -0.2) is 32.2 Å². The molecule has 0 saturated heterocycles. The summed E-state index contributed by atoms with van der Waals surface area (Å²) in [6.45, 7) is 2.28. The Kier molecular flexibility index (Phi) is 14.1. The van der Waals surface area contributed by atoms with Gasteiger partial charge in [-0.3, -0.25) is 0 Å². The molecule has 0 aromatic heterocycles. The van der Waals surface area contributed by atoms with E-state index < -0.39 is 0 Å². The Morgan fingerprint density at radius 1 is 0.923 bits per heavy atom. The van der Waals surface area contributed by atoms with Gasteiger partial charge in [0.25, 0.3) is 0 Å². The van der Waals surface area contributed by atoms with Crippen molar-refractivity contribution in [3.8, 4) is 0 Å². The molecule has 0 aliphatic rings. The second kappa shape index (κ2) is 13.0. The van der Waals surface area contributed by atoms with Crippen molar-refractivity contribution >= 4 is 32.2 Å². The Hall–Kier alpha value is 1.02. The van der Waals surface area contributed by atoms with E-state index >= 15 is 0 Å². The van der Waals surface area contributed by atoms with E-state index in [4.69, 9.17) is 2.84 Å². The third kappa shape index (κ3) is 13.0. The quantitative estimate of drug-likeness (QED) is 0.401. The Bertz CT molecular complexity index is 79.0. The number of hydrogen-bond acceptors (Lipinski definition) is 1. The Morgan fingerprint density at radius 2 is 1.46 bits per heavy atom. The van der Waals surface area contributed by atoms with E-state index in [1.54, 1.807) is 0 Å². The summed E-state index contributed by atoms with van der Waals surface area (Å²) in [5.74, 6) is 0. The zero-order chi connectivity index (χ0) is 9.78. The van der Waals surface area contributed by atoms with E-state index in [1.165, 1.54) is 56.6 Å². The lowest BCUT2D eigenvalue weighted by molar-refractivity contribution is 0.579. The van der Waals surface area contributed by atoms with Crippen molar-refractivity contribution in [2.45, 2.75) is 63.6 Å². The molecule has 0 heterocycles. The Morgan fingerprint density at radius 3 is 2.00 bits per heavy atom. The molecule has 0 N–H and O–H groups in total. The van der Waals surface area contributed by atoms with Gasteiger partial charge in [0.2, 0.25) is 0 Å². The molecule has 0 bridgehead atoms. The van der Waals surface area contributed by atoms with Gasteiger partial charge in [0.05, 0.1) is 0 Å². The highest BCUT2D eigenvalue weighted by molar-refractivity contribution is 6.34. The van der Waals surface area contributed by atoms with Crippen LogP contribution in [0.3, 0.4) is 0 Å². The summed E-state index contributed by atoms with van der Waals surface area (Å²) < 4.78 is 5.28. The maximum atomic E-state index is 5.28. The van der Waals surface area contributed by atoms with Crippen LogP contribution in [0.1, 0.15) is 58.3 Å². The monoisotopic (exact) mass is 214 g/mol. The van der Waals surface area contributed by atoms with Crippen molar-refractivity contribution < 1.29 is 2.84 Å². The highest BCUT2D eigenvalue weighted by Gasteiger charge is 1.93. The fourth-order valence-electron chi connectivity index (χ4n) is 1.56. The van der Waals surface area contributed by atoms with Crippen molar-refractivity contribution in [2.24, 2.45) is 0 Å². The van der Waals surface area contributed by atoms with Gasteiger partial charge in [0.15, 0.2) is 0 Å². The van der Waals surface area contributed by atoms with Crippen LogP contribution in [0.15, 0.2) is 0 Å². The fourth-order valence-corrected chi connectivity index (χ4v) is 3.27. The minimum Gasteiger partial charge on any atom is -0.644 e. The highest BCUT2D eigenvalue weighted by atomic mass is 27.2. The molecular formula is C10H24Al2O. The molecule has 0 spiro atoms. The van der Waals surface area contributed by atoms with E-state index in [9.17, 15) is 0 Å². The standard InChI is InChI=1S/C10H21.2Al.O.3H/c1-3-5-7-9-10-8-6-4-2;;;;;;/h1,3-10H2,2H3;;;;;;. The average Bonchev–Trinajstić information content (AvgIpc) is 2.16. The maximum Gasteiger partial charge on any atom is 0.404 e. The topological polar surface area (TPSA) is 9.23 Å². The first kappa shape index (κ1) is 14.0. The van der Waals surface area contributed by atoms with Gasteiger partial charge in [-0.15, -0.1) is 0 Å². The van der Waals surface area contributed by atoms with Gasteiger partial charge >= 0.3 is 32.2 Å². The van der Waals surface area contributed by atoms with Crippen LogP contribution in [0, 0.1) is 0 Å². The van der Waals surface area contributed by atoms with Crippen molar-refractivity contribution in [1.29, 1.82) is 0 Å². The first-order valence-electron chi connectivity index (χ1n) is 5.90. The number of unbranched alkanes of at least 4 members (excludes halogenated alkanes) is 7. The minimum absolute atomic E-state index is 0.0642. The third-order valence-corrected chi connectivity index (χ3v) is 4.87. The first-order valence-corrected chi connectivity index (χ1v) is 8.30. The predicted octanol–water partition coefficient (Wildman–Crippen LogP) is 2.46. The maximum absolute atomic E-state index is 5.28. The SMILES string of the molecule is CCCCCCCCC[CH2][AlH][O][AlH2]. The lowest BCUT2D eigenvalue weighted by Crippen LogP contribution is -1.93. The molecule has 13 heavy (non-hydrogen) atoms. The molecule has 0 radical (unpaired) electrons. The molecule has 3 heteroatoms.